The van der Waals surface area contributed by atoms with Crippen LogP contribution in [0.2, 0.25) is 5.15 Å². The lowest BCUT2D eigenvalue weighted by Crippen LogP contribution is -2.39. The van der Waals surface area contributed by atoms with E-state index < -0.39 is 5.69 Å². The van der Waals surface area contributed by atoms with Crippen LogP contribution in [0.15, 0.2) is 38.3 Å². The molecule has 5 nitrogen and oxygen atoms in total. The Labute approximate surface area is 133 Å². The van der Waals surface area contributed by atoms with Crippen LogP contribution in [0.4, 0.5) is 0 Å². The van der Waals surface area contributed by atoms with Crippen LogP contribution in [-0.4, -0.2) is 22.8 Å². The zero-order valence-electron chi connectivity index (χ0n) is 10.9. The number of aromatic amines is 1. The molecule has 1 aliphatic heterocycles. The zero-order valence-corrected chi connectivity index (χ0v) is 13.3. The van der Waals surface area contributed by atoms with Crippen molar-refractivity contribution in [2.24, 2.45) is 0 Å². The Balaban J connectivity index is 2.21. The zero-order chi connectivity index (χ0) is 15.0. The summed E-state index contributed by atoms with van der Waals surface area (Å²) in [7, 11) is 0. The van der Waals surface area contributed by atoms with Crippen LogP contribution < -0.4 is 11.2 Å². The van der Waals surface area contributed by atoms with Crippen molar-refractivity contribution >= 4 is 27.5 Å². The average molecular weight is 372 g/mol. The number of halogens is 2. The third-order valence-electron chi connectivity index (χ3n) is 3.49. The molecule has 0 bridgehead atoms. The normalized spacial score (nSPS) is 18.1. The van der Waals surface area contributed by atoms with Gasteiger partial charge in [0.15, 0.2) is 0 Å². The molecule has 0 radical (unpaired) electrons. The Morgan fingerprint density at radius 3 is 2.62 bits per heavy atom. The summed E-state index contributed by atoms with van der Waals surface area (Å²) in [6.07, 6.45) is 0.643. The predicted molar refractivity (Wildman–Crippen MR) is 83.9 cm³/mol. The largest absolute Gasteiger partial charge is 0.379 e. The highest BCUT2D eigenvalue weighted by molar-refractivity contribution is 9.10. The van der Waals surface area contributed by atoms with Crippen molar-refractivity contribution in [3.63, 3.8) is 0 Å². The molecule has 3 rings (SSSR count). The number of benzene rings is 1. The fourth-order valence-corrected chi connectivity index (χ4v) is 2.98. The fraction of sp³-hybridized carbons (Fsp3) is 0.286. The van der Waals surface area contributed by atoms with Gasteiger partial charge in [-0.3, -0.25) is 14.3 Å². The first kappa shape index (κ1) is 14.6. The van der Waals surface area contributed by atoms with E-state index in [0.717, 1.165) is 4.47 Å². The average Bonchev–Trinajstić information content (AvgIpc) is 2.94. The van der Waals surface area contributed by atoms with Gasteiger partial charge < -0.3 is 4.74 Å². The Hall–Kier alpha value is -1.37. The van der Waals surface area contributed by atoms with E-state index in [4.69, 9.17) is 16.3 Å². The standard InChI is InChI=1S/C14H12BrClN2O3/c15-9-3-1-8(2-4-9)11-12(16)17-14(20)18(13(11)19)10-5-6-21-7-10/h1-4,10H,5-7H2,(H,17,20). The minimum absolute atomic E-state index is 0.0579. The molecule has 0 aliphatic carbocycles. The number of hydrogen-bond donors (Lipinski definition) is 1. The SMILES string of the molecule is O=c1[nH]c(Cl)c(-c2ccc(Br)cc2)c(=O)n1C1CCOC1. The lowest BCUT2D eigenvalue weighted by molar-refractivity contribution is 0.185. The highest BCUT2D eigenvalue weighted by atomic mass is 79.9. The topological polar surface area (TPSA) is 64.1 Å². The van der Waals surface area contributed by atoms with Crippen LogP contribution in [0, 0.1) is 0 Å². The Kier molecular flexibility index (Phi) is 4.01. The Bertz CT molecular complexity index is 776. The number of nitrogens with zero attached hydrogens (tertiary/aromatic N) is 1. The molecule has 1 aromatic carbocycles. The Morgan fingerprint density at radius 1 is 1.29 bits per heavy atom. The van der Waals surface area contributed by atoms with Crippen LogP contribution in [-0.2, 0) is 4.74 Å². The van der Waals surface area contributed by atoms with Gasteiger partial charge in [-0.1, -0.05) is 39.7 Å². The van der Waals surface area contributed by atoms with Crippen LogP contribution in [0.1, 0.15) is 12.5 Å². The van der Waals surface area contributed by atoms with Crippen molar-refractivity contribution < 1.29 is 4.74 Å². The van der Waals surface area contributed by atoms with E-state index in [9.17, 15) is 9.59 Å². The van der Waals surface area contributed by atoms with Gasteiger partial charge in [-0.05, 0) is 24.1 Å². The van der Waals surface area contributed by atoms with Gasteiger partial charge in [0.1, 0.15) is 5.15 Å². The first-order valence-corrected chi connectivity index (χ1v) is 7.63. The maximum Gasteiger partial charge on any atom is 0.329 e. The highest BCUT2D eigenvalue weighted by Gasteiger charge is 2.24. The molecule has 1 aliphatic rings. The second kappa shape index (κ2) is 5.79. The molecule has 0 saturated carbocycles. The molecule has 1 fully saturated rings. The molecule has 1 N–H and O–H groups in total. The summed E-state index contributed by atoms with van der Waals surface area (Å²) in [6, 6.07) is 6.95. The van der Waals surface area contributed by atoms with Crippen molar-refractivity contribution in [1.82, 2.24) is 9.55 Å². The van der Waals surface area contributed by atoms with Gasteiger partial charge >= 0.3 is 5.69 Å². The van der Waals surface area contributed by atoms with Gasteiger partial charge in [-0.2, -0.15) is 0 Å². The van der Waals surface area contributed by atoms with Crippen molar-refractivity contribution in [3.05, 3.63) is 54.7 Å². The highest BCUT2D eigenvalue weighted by Crippen LogP contribution is 2.24. The molecule has 1 saturated heterocycles. The third kappa shape index (κ3) is 2.71. The molecular formula is C14H12BrClN2O3. The number of nitrogens with one attached hydrogen (secondary N) is 1. The van der Waals surface area contributed by atoms with Crippen molar-refractivity contribution in [2.45, 2.75) is 12.5 Å². The number of aromatic nitrogens is 2. The summed E-state index contributed by atoms with van der Waals surface area (Å²) < 4.78 is 7.37. The van der Waals surface area contributed by atoms with Gasteiger partial charge in [0, 0.05) is 11.1 Å². The molecule has 7 heteroatoms. The first-order chi connectivity index (χ1) is 10.1. The molecule has 21 heavy (non-hydrogen) atoms. The van der Waals surface area contributed by atoms with E-state index in [1.165, 1.54) is 4.57 Å². The van der Waals surface area contributed by atoms with Crippen LogP contribution in [0.25, 0.3) is 11.1 Å². The van der Waals surface area contributed by atoms with Crippen LogP contribution >= 0.6 is 27.5 Å². The maximum atomic E-state index is 12.7. The maximum absolute atomic E-state index is 12.7. The summed E-state index contributed by atoms with van der Waals surface area (Å²) in [5.74, 6) is 0. The second-order valence-electron chi connectivity index (χ2n) is 4.82. The summed E-state index contributed by atoms with van der Waals surface area (Å²) in [5, 5.41) is 0.0579. The van der Waals surface area contributed by atoms with Gasteiger partial charge in [0.05, 0.1) is 18.2 Å². The quantitative estimate of drug-likeness (QED) is 0.825. The van der Waals surface area contributed by atoms with Crippen molar-refractivity contribution in [1.29, 1.82) is 0 Å². The molecular weight excluding hydrogens is 360 g/mol. The van der Waals surface area contributed by atoms with E-state index in [2.05, 4.69) is 20.9 Å². The summed E-state index contributed by atoms with van der Waals surface area (Å²) in [4.78, 5) is 27.3. The number of ether oxygens (including phenoxy) is 1. The number of rotatable bonds is 2. The van der Waals surface area contributed by atoms with Gasteiger partial charge in [0.25, 0.3) is 5.56 Å². The molecule has 1 aromatic heterocycles. The molecule has 0 spiro atoms. The molecule has 1 atom stereocenters. The van der Waals surface area contributed by atoms with Crippen LogP contribution in [0.3, 0.4) is 0 Å². The minimum atomic E-state index is -0.499. The molecule has 110 valence electrons. The molecule has 0 amide bonds. The first-order valence-electron chi connectivity index (χ1n) is 6.46. The smallest absolute Gasteiger partial charge is 0.329 e. The lowest BCUT2D eigenvalue weighted by atomic mass is 10.1. The van der Waals surface area contributed by atoms with E-state index in [-0.39, 0.29) is 16.8 Å². The predicted octanol–water partition coefficient (Wildman–Crippen LogP) is 2.58. The summed E-state index contributed by atoms with van der Waals surface area (Å²) in [6.45, 7) is 0.914. The second-order valence-corrected chi connectivity index (χ2v) is 6.11. The van der Waals surface area contributed by atoms with Crippen LogP contribution in [0.5, 0.6) is 0 Å². The van der Waals surface area contributed by atoms with Gasteiger partial charge in [-0.25, -0.2) is 4.79 Å². The molecule has 1 unspecified atom stereocenters. The van der Waals surface area contributed by atoms with Crippen molar-refractivity contribution in [3.8, 4) is 11.1 Å². The minimum Gasteiger partial charge on any atom is -0.379 e. The molecule has 2 aromatic rings. The van der Waals surface area contributed by atoms with Gasteiger partial charge in [-0.15, -0.1) is 0 Å². The lowest BCUT2D eigenvalue weighted by Gasteiger charge is -2.13. The van der Waals surface area contributed by atoms with Crippen molar-refractivity contribution in [2.75, 3.05) is 13.2 Å². The van der Waals surface area contributed by atoms with E-state index in [1.54, 1.807) is 12.1 Å². The third-order valence-corrected chi connectivity index (χ3v) is 4.30. The van der Waals surface area contributed by atoms with E-state index in [1.807, 2.05) is 12.1 Å². The van der Waals surface area contributed by atoms with E-state index in [0.29, 0.717) is 30.8 Å². The summed E-state index contributed by atoms with van der Waals surface area (Å²) in [5.41, 5.74) is 0.0794. The summed E-state index contributed by atoms with van der Waals surface area (Å²) >= 11 is 9.42. The fourth-order valence-electron chi connectivity index (χ4n) is 2.45. The monoisotopic (exact) mass is 370 g/mol. The molecule has 2 heterocycles. The number of H-pyrrole nitrogens is 1. The van der Waals surface area contributed by atoms with E-state index >= 15 is 0 Å². The number of hydrogen-bond acceptors (Lipinski definition) is 3. The Morgan fingerprint density at radius 2 is 2.00 bits per heavy atom. The van der Waals surface area contributed by atoms with Gasteiger partial charge in [0.2, 0.25) is 0 Å².